The first kappa shape index (κ1) is 15.0. The minimum Gasteiger partial charge on any atom is -0.383 e. The fourth-order valence-corrected chi connectivity index (χ4v) is 2.86. The summed E-state index contributed by atoms with van der Waals surface area (Å²) < 4.78 is 0. The third-order valence-corrected chi connectivity index (χ3v) is 4.25. The minimum atomic E-state index is -0.520. The zero-order valence-electron chi connectivity index (χ0n) is 12.8. The van der Waals surface area contributed by atoms with Crippen LogP contribution in [0.15, 0.2) is 12.3 Å². The number of aromatic nitrogens is 1. The van der Waals surface area contributed by atoms with E-state index in [4.69, 9.17) is 5.73 Å². The second-order valence-electron chi connectivity index (χ2n) is 6.23. The molecule has 0 atom stereocenters. The second-order valence-corrected chi connectivity index (χ2v) is 6.23. The minimum absolute atomic E-state index is 0.0769. The van der Waals surface area contributed by atoms with E-state index in [1.165, 1.54) is 12.8 Å². The van der Waals surface area contributed by atoms with Gasteiger partial charge in [0.1, 0.15) is 5.82 Å². The van der Waals surface area contributed by atoms with E-state index in [2.05, 4.69) is 9.88 Å². The number of nitrogen functional groups attached to an aromatic ring is 1. The van der Waals surface area contributed by atoms with Crippen LogP contribution in [0, 0.1) is 6.92 Å². The van der Waals surface area contributed by atoms with Crippen LogP contribution in [0.4, 0.5) is 5.82 Å². The summed E-state index contributed by atoms with van der Waals surface area (Å²) in [6, 6.07) is 1.85. The summed E-state index contributed by atoms with van der Waals surface area (Å²) in [5.74, 6) is 0.414. The number of rotatable bonds is 3. The number of nitrogens with zero attached hydrogens (tertiary/aromatic N) is 2. The number of ketones is 1. The van der Waals surface area contributed by atoms with E-state index in [0.29, 0.717) is 11.4 Å². The molecule has 20 heavy (non-hydrogen) atoms. The van der Waals surface area contributed by atoms with Gasteiger partial charge in [0.25, 0.3) is 0 Å². The molecule has 2 N–H and O–H groups in total. The molecule has 1 fully saturated rings. The van der Waals surface area contributed by atoms with E-state index >= 15 is 0 Å². The Kier molecular flexibility index (Phi) is 4.43. The van der Waals surface area contributed by atoms with E-state index < -0.39 is 5.54 Å². The molecule has 0 saturated carbocycles. The van der Waals surface area contributed by atoms with Gasteiger partial charge < -0.3 is 5.73 Å². The summed E-state index contributed by atoms with van der Waals surface area (Å²) in [5.41, 5.74) is 6.90. The van der Waals surface area contributed by atoms with Gasteiger partial charge in [0, 0.05) is 6.20 Å². The van der Waals surface area contributed by atoms with Gasteiger partial charge in [-0.3, -0.25) is 9.69 Å². The van der Waals surface area contributed by atoms with Crippen LogP contribution >= 0.6 is 0 Å². The molecule has 1 aromatic rings. The van der Waals surface area contributed by atoms with Gasteiger partial charge in [-0.2, -0.15) is 0 Å². The van der Waals surface area contributed by atoms with E-state index in [1.54, 1.807) is 6.20 Å². The van der Waals surface area contributed by atoms with Crippen molar-refractivity contribution in [3.8, 4) is 0 Å². The summed E-state index contributed by atoms with van der Waals surface area (Å²) in [4.78, 5) is 19.3. The number of carbonyl (C=O) groups is 1. The van der Waals surface area contributed by atoms with Crippen LogP contribution < -0.4 is 5.73 Å². The van der Waals surface area contributed by atoms with Crippen molar-refractivity contribution >= 4 is 11.6 Å². The molecule has 0 unspecified atom stereocenters. The van der Waals surface area contributed by atoms with Crippen LogP contribution in [0.25, 0.3) is 0 Å². The van der Waals surface area contributed by atoms with Gasteiger partial charge in [0.2, 0.25) is 0 Å². The van der Waals surface area contributed by atoms with Crippen molar-refractivity contribution in [2.24, 2.45) is 0 Å². The molecule has 0 radical (unpaired) electrons. The van der Waals surface area contributed by atoms with E-state index in [-0.39, 0.29) is 5.78 Å². The first-order chi connectivity index (χ1) is 9.43. The maximum Gasteiger partial charge on any atom is 0.186 e. The quantitative estimate of drug-likeness (QED) is 0.862. The third-order valence-electron chi connectivity index (χ3n) is 4.25. The fraction of sp³-hybridized carbons (Fsp3) is 0.625. The lowest BCUT2D eigenvalue weighted by Gasteiger charge is -2.36. The number of hydrogen-bond donors (Lipinski definition) is 1. The summed E-state index contributed by atoms with van der Waals surface area (Å²) in [7, 11) is 0. The van der Waals surface area contributed by atoms with Crippen molar-refractivity contribution in [3.63, 3.8) is 0 Å². The number of likely N-dealkylation sites (tertiary alicyclic amines) is 1. The zero-order chi connectivity index (χ0) is 14.8. The van der Waals surface area contributed by atoms with Crippen LogP contribution in [0.2, 0.25) is 0 Å². The molecule has 0 aliphatic carbocycles. The van der Waals surface area contributed by atoms with E-state index in [0.717, 1.165) is 31.5 Å². The summed E-state index contributed by atoms with van der Waals surface area (Å²) in [5, 5.41) is 0. The van der Waals surface area contributed by atoms with Gasteiger partial charge in [-0.1, -0.05) is 12.8 Å². The Bertz CT molecular complexity index is 488. The molecular formula is C16H25N3O. The monoisotopic (exact) mass is 275 g/mol. The van der Waals surface area contributed by atoms with E-state index in [1.807, 2.05) is 26.8 Å². The highest BCUT2D eigenvalue weighted by atomic mass is 16.1. The largest absolute Gasteiger partial charge is 0.383 e. The fourth-order valence-electron chi connectivity index (χ4n) is 2.86. The number of hydrogen-bond acceptors (Lipinski definition) is 4. The van der Waals surface area contributed by atoms with E-state index in [9.17, 15) is 4.79 Å². The normalized spacial score (nSPS) is 17.8. The average Bonchev–Trinajstić information content (AvgIpc) is 2.70. The first-order valence-electron chi connectivity index (χ1n) is 7.45. The topological polar surface area (TPSA) is 59.2 Å². The van der Waals surface area contributed by atoms with Crippen molar-refractivity contribution in [1.29, 1.82) is 0 Å². The zero-order valence-corrected chi connectivity index (χ0v) is 12.8. The maximum absolute atomic E-state index is 12.9. The molecule has 0 amide bonds. The molecule has 2 rings (SSSR count). The molecule has 1 aromatic heterocycles. The van der Waals surface area contributed by atoms with Crippen molar-refractivity contribution in [2.45, 2.75) is 52.0 Å². The number of aryl methyl sites for hydroxylation is 1. The molecule has 110 valence electrons. The van der Waals surface area contributed by atoms with Gasteiger partial charge in [-0.25, -0.2) is 4.98 Å². The Hall–Kier alpha value is -1.42. The lowest BCUT2D eigenvalue weighted by Crippen LogP contribution is -2.50. The van der Waals surface area contributed by atoms with Crippen LogP contribution in [-0.4, -0.2) is 34.3 Å². The highest BCUT2D eigenvalue weighted by Gasteiger charge is 2.36. The van der Waals surface area contributed by atoms with Gasteiger partial charge in [-0.05, 0) is 58.3 Å². The van der Waals surface area contributed by atoms with Crippen LogP contribution in [0.3, 0.4) is 0 Å². The molecular weight excluding hydrogens is 250 g/mol. The number of pyridine rings is 1. The molecule has 4 heteroatoms. The summed E-state index contributed by atoms with van der Waals surface area (Å²) in [6.07, 6.45) is 6.55. The number of carbonyl (C=O) groups excluding carboxylic acids is 1. The molecule has 0 aromatic carbocycles. The molecule has 2 heterocycles. The average molecular weight is 275 g/mol. The Morgan fingerprint density at radius 3 is 2.45 bits per heavy atom. The number of anilines is 1. The number of Topliss-reactive ketones (excluding diaryl/α,β-unsaturated/α-hetero) is 1. The predicted molar refractivity (Wildman–Crippen MR) is 81.8 cm³/mol. The lowest BCUT2D eigenvalue weighted by atomic mass is 9.90. The smallest absolute Gasteiger partial charge is 0.186 e. The van der Waals surface area contributed by atoms with Crippen LogP contribution in [0.1, 0.15) is 55.5 Å². The van der Waals surface area contributed by atoms with Gasteiger partial charge in [0.15, 0.2) is 5.78 Å². The summed E-state index contributed by atoms with van der Waals surface area (Å²) >= 11 is 0. The maximum atomic E-state index is 12.9. The Balaban J connectivity index is 2.27. The van der Waals surface area contributed by atoms with Gasteiger partial charge in [0.05, 0.1) is 11.1 Å². The predicted octanol–water partition coefficient (Wildman–Crippen LogP) is 2.81. The van der Waals surface area contributed by atoms with Gasteiger partial charge in [-0.15, -0.1) is 0 Å². The third kappa shape index (κ3) is 3.01. The Labute approximate surface area is 121 Å². The Morgan fingerprint density at radius 2 is 1.85 bits per heavy atom. The van der Waals surface area contributed by atoms with Crippen molar-refractivity contribution < 1.29 is 4.79 Å². The second kappa shape index (κ2) is 5.92. The lowest BCUT2D eigenvalue weighted by molar-refractivity contribution is 0.0650. The molecule has 1 saturated heterocycles. The number of nitrogens with two attached hydrogens (primary N) is 1. The molecule has 0 spiro atoms. The standard InChI is InChI=1S/C16H25N3O/c1-12-10-13(15(17)18-11-12)14(20)16(2,3)19-8-6-4-5-7-9-19/h10-11H,4-9H2,1-3H3,(H2,17,18). The van der Waals surface area contributed by atoms with Crippen LogP contribution in [0.5, 0.6) is 0 Å². The first-order valence-corrected chi connectivity index (χ1v) is 7.45. The van der Waals surface area contributed by atoms with Crippen molar-refractivity contribution in [1.82, 2.24) is 9.88 Å². The van der Waals surface area contributed by atoms with Gasteiger partial charge >= 0.3 is 0 Å². The highest BCUT2D eigenvalue weighted by Crippen LogP contribution is 2.26. The molecule has 4 nitrogen and oxygen atoms in total. The molecule has 1 aliphatic rings. The van der Waals surface area contributed by atoms with Crippen molar-refractivity contribution in [2.75, 3.05) is 18.8 Å². The molecule has 0 bridgehead atoms. The Morgan fingerprint density at radius 1 is 1.25 bits per heavy atom. The highest BCUT2D eigenvalue weighted by molar-refractivity contribution is 6.06. The van der Waals surface area contributed by atoms with Crippen LogP contribution in [-0.2, 0) is 0 Å². The van der Waals surface area contributed by atoms with Crippen molar-refractivity contribution in [3.05, 3.63) is 23.4 Å². The SMILES string of the molecule is Cc1cnc(N)c(C(=O)C(C)(C)N2CCCCCC2)c1. The molecule has 1 aliphatic heterocycles. The summed E-state index contributed by atoms with van der Waals surface area (Å²) in [6.45, 7) is 7.91.